The first-order valence-electron chi connectivity index (χ1n) is 8.63. The summed E-state index contributed by atoms with van der Waals surface area (Å²) in [6.07, 6.45) is 1.09. The summed E-state index contributed by atoms with van der Waals surface area (Å²) in [4.78, 5) is 13.9. The molecule has 1 aliphatic heterocycles. The zero-order valence-corrected chi connectivity index (χ0v) is 15.7. The maximum atomic E-state index is 12.7. The Morgan fingerprint density at radius 2 is 1.88 bits per heavy atom. The van der Waals surface area contributed by atoms with Gasteiger partial charge in [-0.1, -0.05) is 6.92 Å². The lowest BCUT2D eigenvalue weighted by Crippen LogP contribution is -2.27. The molecule has 0 atom stereocenters. The lowest BCUT2D eigenvalue weighted by Gasteiger charge is -2.16. The summed E-state index contributed by atoms with van der Waals surface area (Å²) in [5.41, 5.74) is 2.15. The number of anilines is 2. The number of rotatable bonds is 6. The van der Waals surface area contributed by atoms with Gasteiger partial charge in [-0.3, -0.25) is 9.52 Å². The summed E-state index contributed by atoms with van der Waals surface area (Å²) in [6.45, 7) is 4.86. The Morgan fingerprint density at radius 3 is 2.54 bits per heavy atom. The van der Waals surface area contributed by atoms with Crippen LogP contribution in [0.4, 0.5) is 11.4 Å². The molecule has 1 aliphatic rings. The molecule has 7 heteroatoms. The second-order valence-corrected chi connectivity index (χ2v) is 7.68. The van der Waals surface area contributed by atoms with E-state index in [1.165, 1.54) is 6.07 Å². The van der Waals surface area contributed by atoms with E-state index in [9.17, 15) is 13.2 Å². The second-order valence-electron chi connectivity index (χ2n) is 6.00. The molecule has 138 valence electrons. The third-order valence-corrected chi connectivity index (χ3v) is 5.66. The number of carbonyl (C=O) groups is 1. The molecule has 0 aliphatic carbocycles. The van der Waals surface area contributed by atoms with Crippen molar-refractivity contribution in [2.45, 2.75) is 31.6 Å². The molecule has 6 nitrogen and oxygen atoms in total. The van der Waals surface area contributed by atoms with E-state index in [0.29, 0.717) is 37.4 Å². The molecule has 26 heavy (non-hydrogen) atoms. The quantitative estimate of drug-likeness (QED) is 0.843. The number of sulfonamides is 1. The van der Waals surface area contributed by atoms with Gasteiger partial charge >= 0.3 is 0 Å². The maximum absolute atomic E-state index is 12.7. The van der Waals surface area contributed by atoms with Gasteiger partial charge < -0.3 is 9.64 Å². The van der Waals surface area contributed by atoms with Crippen LogP contribution in [0.5, 0.6) is 5.75 Å². The van der Waals surface area contributed by atoms with E-state index in [1.807, 2.05) is 13.8 Å². The van der Waals surface area contributed by atoms with E-state index in [2.05, 4.69) is 4.72 Å². The molecule has 0 saturated carbocycles. The molecule has 1 N–H and O–H groups in total. The molecule has 2 aromatic rings. The van der Waals surface area contributed by atoms with Crippen LogP contribution in [-0.2, 0) is 21.2 Å². The Kier molecular flexibility index (Phi) is 5.18. The fourth-order valence-electron chi connectivity index (χ4n) is 3.00. The van der Waals surface area contributed by atoms with Crippen molar-refractivity contribution in [2.75, 3.05) is 22.8 Å². The van der Waals surface area contributed by atoms with Gasteiger partial charge in [-0.2, -0.15) is 0 Å². The zero-order chi connectivity index (χ0) is 18.7. The number of nitrogens with one attached hydrogen (secondary N) is 1. The molecule has 0 fully saturated rings. The minimum atomic E-state index is -3.70. The molecule has 0 saturated heterocycles. The highest BCUT2D eigenvalue weighted by Crippen LogP contribution is 2.31. The Morgan fingerprint density at radius 1 is 1.15 bits per heavy atom. The van der Waals surface area contributed by atoms with Crippen molar-refractivity contribution < 1.29 is 17.9 Å². The number of hydrogen-bond donors (Lipinski definition) is 1. The normalized spacial score (nSPS) is 13.4. The Labute approximate surface area is 153 Å². The van der Waals surface area contributed by atoms with Crippen LogP contribution in [0.2, 0.25) is 0 Å². The Bertz CT molecular complexity index is 908. The van der Waals surface area contributed by atoms with Crippen molar-refractivity contribution in [1.82, 2.24) is 0 Å². The number of fused-ring (bicyclic) bond motifs is 1. The standard InChI is InChI=1S/C19H22N2O4S/c1-3-19(22)21-12-11-14-13-17(9-10-18(14)21)26(23,24)20-15-5-7-16(8-6-15)25-4-2/h5-10,13,20H,3-4,11-12H2,1-2H3. The number of carbonyl (C=O) groups excluding carboxylic acids is 1. The average molecular weight is 374 g/mol. The summed E-state index contributed by atoms with van der Waals surface area (Å²) < 4.78 is 33.3. The topological polar surface area (TPSA) is 75.7 Å². The van der Waals surface area contributed by atoms with Crippen molar-refractivity contribution in [3.05, 3.63) is 48.0 Å². The predicted molar refractivity (Wildman–Crippen MR) is 101 cm³/mol. The van der Waals surface area contributed by atoms with Crippen LogP contribution in [0, 0.1) is 0 Å². The number of ether oxygens (including phenoxy) is 1. The molecular weight excluding hydrogens is 352 g/mol. The van der Waals surface area contributed by atoms with Crippen LogP contribution in [-0.4, -0.2) is 27.5 Å². The van der Waals surface area contributed by atoms with Crippen molar-refractivity contribution in [2.24, 2.45) is 0 Å². The molecule has 0 aromatic heterocycles. The highest BCUT2D eigenvalue weighted by molar-refractivity contribution is 7.92. The fraction of sp³-hybridized carbons (Fsp3) is 0.316. The van der Waals surface area contributed by atoms with Crippen molar-refractivity contribution in [3.63, 3.8) is 0 Å². The van der Waals surface area contributed by atoms with E-state index in [1.54, 1.807) is 41.3 Å². The smallest absolute Gasteiger partial charge is 0.261 e. The van der Waals surface area contributed by atoms with Crippen LogP contribution in [0.1, 0.15) is 25.8 Å². The van der Waals surface area contributed by atoms with Gasteiger partial charge in [0.1, 0.15) is 5.75 Å². The number of nitrogens with zero attached hydrogens (tertiary/aromatic N) is 1. The summed E-state index contributed by atoms with van der Waals surface area (Å²) in [5.74, 6) is 0.737. The summed E-state index contributed by atoms with van der Waals surface area (Å²) >= 11 is 0. The summed E-state index contributed by atoms with van der Waals surface area (Å²) in [6, 6.07) is 11.7. The van der Waals surface area contributed by atoms with E-state index in [4.69, 9.17) is 4.74 Å². The first-order chi connectivity index (χ1) is 12.4. The molecule has 1 amide bonds. The minimum absolute atomic E-state index is 0.0480. The third kappa shape index (κ3) is 3.67. The predicted octanol–water partition coefficient (Wildman–Crippen LogP) is 3.19. The second kappa shape index (κ2) is 7.37. The van der Waals surface area contributed by atoms with Crippen LogP contribution in [0.3, 0.4) is 0 Å². The van der Waals surface area contributed by atoms with Crippen LogP contribution < -0.4 is 14.4 Å². The highest BCUT2D eigenvalue weighted by atomic mass is 32.2. The Balaban J connectivity index is 1.81. The minimum Gasteiger partial charge on any atom is -0.494 e. The largest absolute Gasteiger partial charge is 0.494 e. The lowest BCUT2D eigenvalue weighted by molar-refractivity contribution is -0.118. The first kappa shape index (κ1) is 18.3. The molecular formula is C19H22N2O4S. The van der Waals surface area contributed by atoms with Gasteiger partial charge in [0.25, 0.3) is 10.0 Å². The van der Waals surface area contributed by atoms with Crippen LogP contribution in [0.25, 0.3) is 0 Å². The lowest BCUT2D eigenvalue weighted by atomic mass is 10.2. The van der Waals surface area contributed by atoms with Crippen LogP contribution >= 0.6 is 0 Å². The third-order valence-electron chi connectivity index (χ3n) is 4.28. The monoisotopic (exact) mass is 374 g/mol. The van der Waals surface area contributed by atoms with Gasteiger partial charge in [0.05, 0.1) is 11.5 Å². The Hall–Kier alpha value is -2.54. The molecule has 0 radical (unpaired) electrons. The van der Waals surface area contributed by atoms with E-state index >= 15 is 0 Å². The molecule has 1 heterocycles. The number of hydrogen-bond acceptors (Lipinski definition) is 4. The van der Waals surface area contributed by atoms with Crippen molar-refractivity contribution >= 4 is 27.3 Å². The van der Waals surface area contributed by atoms with Gasteiger partial charge in [-0.25, -0.2) is 8.42 Å². The van der Waals surface area contributed by atoms with Crippen LogP contribution in [0.15, 0.2) is 47.4 Å². The van der Waals surface area contributed by atoms with Gasteiger partial charge in [-0.05, 0) is 61.4 Å². The van der Waals surface area contributed by atoms with E-state index in [0.717, 1.165) is 11.3 Å². The van der Waals surface area contributed by atoms with Crippen molar-refractivity contribution in [1.29, 1.82) is 0 Å². The molecule has 0 unspecified atom stereocenters. The zero-order valence-electron chi connectivity index (χ0n) is 14.9. The van der Waals surface area contributed by atoms with Gasteiger partial charge in [-0.15, -0.1) is 0 Å². The average Bonchev–Trinajstić information content (AvgIpc) is 3.06. The van der Waals surface area contributed by atoms with Crippen molar-refractivity contribution in [3.8, 4) is 5.75 Å². The van der Waals surface area contributed by atoms with Gasteiger partial charge in [0, 0.05) is 24.3 Å². The molecule has 2 aromatic carbocycles. The molecule has 0 bridgehead atoms. The number of amides is 1. The van der Waals surface area contributed by atoms with E-state index in [-0.39, 0.29) is 10.8 Å². The van der Waals surface area contributed by atoms with Gasteiger partial charge in [0.15, 0.2) is 0 Å². The highest BCUT2D eigenvalue weighted by Gasteiger charge is 2.25. The summed E-state index contributed by atoms with van der Waals surface area (Å²) in [5, 5.41) is 0. The molecule has 0 spiro atoms. The summed E-state index contributed by atoms with van der Waals surface area (Å²) in [7, 11) is -3.70. The fourth-order valence-corrected chi connectivity index (χ4v) is 4.10. The van der Waals surface area contributed by atoms with Gasteiger partial charge in [0.2, 0.25) is 5.91 Å². The maximum Gasteiger partial charge on any atom is 0.261 e. The molecule has 3 rings (SSSR count). The number of benzene rings is 2. The SMILES string of the molecule is CCOc1ccc(NS(=O)(=O)c2ccc3c(c2)CCN3C(=O)CC)cc1. The van der Waals surface area contributed by atoms with E-state index < -0.39 is 10.0 Å². The first-order valence-corrected chi connectivity index (χ1v) is 10.1.